The second-order valence-corrected chi connectivity index (χ2v) is 3.15. The fraction of sp³-hybridized carbons (Fsp3) is 1.00. The van der Waals surface area contributed by atoms with E-state index in [9.17, 15) is 13.2 Å². The van der Waals surface area contributed by atoms with Gasteiger partial charge in [0.1, 0.15) is 0 Å². The first-order chi connectivity index (χ1) is 6.05. The molecule has 0 spiro atoms. The van der Waals surface area contributed by atoms with Crippen LogP contribution in [0, 0.1) is 5.92 Å². The van der Waals surface area contributed by atoms with Gasteiger partial charge in [0.05, 0.1) is 0 Å². The Bertz CT molecular complexity index is 152. The van der Waals surface area contributed by atoms with Gasteiger partial charge in [-0.2, -0.15) is 13.2 Å². The van der Waals surface area contributed by atoms with Crippen molar-refractivity contribution in [3.8, 4) is 0 Å². The van der Waals surface area contributed by atoms with Gasteiger partial charge in [0.25, 0.3) is 0 Å². The molecule has 13 heavy (non-hydrogen) atoms. The SMILES string of the molecule is CO[C@H](C1CCOCC1)C(F)(F)F. The van der Waals surface area contributed by atoms with Gasteiger partial charge in [0, 0.05) is 20.3 Å². The molecule has 0 aromatic rings. The first-order valence-electron chi connectivity index (χ1n) is 4.23. The molecule has 0 amide bonds. The summed E-state index contributed by atoms with van der Waals surface area (Å²) in [5, 5.41) is 0. The summed E-state index contributed by atoms with van der Waals surface area (Å²) < 4.78 is 46.5. The summed E-state index contributed by atoms with van der Waals surface area (Å²) in [6, 6.07) is 0. The summed E-state index contributed by atoms with van der Waals surface area (Å²) in [4.78, 5) is 0. The quantitative estimate of drug-likeness (QED) is 0.675. The minimum absolute atomic E-state index is 0.403. The molecule has 0 bridgehead atoms. The highest BCUT2D eigenvalue weighted by Gasteiger charge is 2.45. The highest BCUT2D eigenvalue weighted by atomic mass is 19.4. The lowest BCUT2D eigenvalue weighted by Crippen LogP contribution is -2.40. The van der Waals surface area contributed by atoms with Crippen molar-refractivity contribution in [1.29, 1.82) is 0 Å². The van der Waals surface area contributed by atoms with Gasteiger partial charge < -0.3 is 9.47 Å². The van der Waals surface area contributed by atoms with Gasteiger partial charge >= 0.3 is 6.18 Å². The van der Waals surface area contributed by atoms with E-state index in [4.69, 9.17) is 4.74 Å². The third kappa shape index (κ3) is 2.84. The van der Waals surface area contributed by atoms with Gasteiger partial charge in [0.2, 0.25) is 0 Å². The maximum atomic E-state index is 12.3. The van der Waals surface area contributed by atoms with Crippen LogP contribution in [0.2, 0.25) is 0 Å². The van der Waals surface area contributed by atoms with Gasteiger partial charge in [-0.05, 0) is 18.8 Å². The Morgan fingerprint density at radius 1 is 1.31 bits per heavy atom. The number of methoxy groups -OCH3 is 1. The molecule has 0 saturated carbocycles. The molecular formula is C8H13F3O2. The predicted molar refractivity (Wildman–Crippen MR) is 40.4 cm³/mol. The molecule has 0 aromatic carbocycles. The van der Waals surface area contributed by atoms with E-state index in [0.29, 0.717) is 26.1 Å². The molecule has 0 radical (unpaired) electrons. The Labute approximate surface area is 75.0 Å². The minimum atomic E-state index is -4.25. The van der Waals surface area contributed by atoms with Crippen LogP contribution in [-0.2, 0) is 9.47 Å². The molecule has 1 atom stereocenters. The van der Waals surface area contributed by atoms with Gasteiger partial charge in [-0.15, -0.1) is 0 Å². The predicted octanol–water partition coefficient (Wildman–Crippen LogP) is 1.99. The van der Waals surface area contributed by atoms with E-state index in [0.717, 1.165) is 7.11 Å². The second kappa shape index (κ2) is 4.28. The number of alkyl halides is 3. The average Bonchev–Trinajstić information content (AvgIpc) is 2.05. The summed E-state index contributed by atoms with van der Waals surface area (Å²) in [6.07, 6.45) is -5.02. The van der Waals surface area contributed by atoms with Gasteiger partial charge in [-0.3, -0.25) is 0 Å². The smallest absolute Gasteiger partial charge is 0.381 e. The highest BCUT2D eigenvalue weighted by Crippen LogP contribution is 2.32. The largest absolute Gasteiger partial charge is 0.414 e. The number of halogens is 3. The third-order valence-electron chi connectivity index (χ3n) is 2.27. The highest BCUT2D eigenvalue weighted by molar-refractivity contribution is 4.78. The monoisotopic (exact) mass is 198 g/mol. The fourth-order valence-electron chi connectivity index (χ4n) is 1.61. The van der Waals surface area contributed by atoms with Crippen LogP contribution < -0.4 is 0 Å². The first kappa shape index (κ1) is 10.8. The second-order valence-electron chi connectivity index (χ2n) is 3.15. The van der Waals surface area contributed by atoms with Crippen LogP contribution in [0.5, 0.6) is 0 Å². The molecule has 2 nitrogen and oxygen atoms in total. The Hall–Kier alpha value is -0.290. The van der Waals surface area contributed by atoms with E-state index in [-0.39, 0.29) is 0 Å². The molecule has 1 aliphatic rings. The van der Waals surface area contributed by atoms with Crippen molar-refractivity contribution in [2.24, 2.45) is 5.92 Å². The van der Waals surface area contributed by atoms with E-state index in [1.807, 2.05) is 0 Å². The number of hydrogen-bond acceptors (Lipinski definition) is 2. The molecule has 1 saturated heterocycles. The first-order valence-corrected chi connectivity index (χ1v) is 4.23. The lowest BCUT2D eigenvalue weighted by atomic mass is 9.93. The zero-order valence-corrected chi connectivity index (χ0v) is 7.43. The third-order valence-corrected chi connectivity index (χ3v) is 2.27. The molecule has 5 heteroatoms. The van der Waals surface area contributed by atoms with Crippen LogP contribution in [0.3, 0.4) is 0 Å². The van der Waals surface area contributed by atoms with Crippen molar-refractivity contribution in [1.82, 2.24) is 0 Å². The molecule has 0 aliphatic carbocycles. The van der Waals surface area contributed by atoms with Gasteiger partial charge in [0.15, 0.2) is 6.10 Å². The summed E-state index contributed by atoms with van der Waals surface area (Å²) in [7, 11) is 1.10. The zero-order valence-electron chi connectivity index (χ0n) is 7.43. The van der Waals surface area contributed by atoms with Crippen molar-refractivity contribution >= 4 is 0 Å². The molecule has 1 heterocycles. The molecular weight excluding hydrogens is 185 g/mol. The van der Waals surface area contributed by atoms with Crippen LogP contribution in [0.15, 0.2) is 0 Å². The van der Waals surface area contributed by atoms with Crippen LogP contribution >= 0.6 is 0 Å². The van der Waals surface area contributed by atoms with E-state index in [2.05, 4.69) is 4.74 Å². The zero-order chi connectivity index (χ0) is 9.90. The molecule has 0 unspecified atom stereocenters. The minimum Gasteiger partial charge on any atom is -0.381 e. The van der Waals surface area contributed by atoms with Crippen LogP contribution in [0.25, 0.3) is 0 Å². The van der Waals surface area contributed by atoms with E-state index < -0.39 is 18.2 Å². The Morgan fingerprint density at radius 3 is 2.23 bits per heavy atom. The summed E-state index contributed by atoms with van der Waals surface area (Å²) >= 11 is 0. The Morgan fingerprint density at radius 2 is 1.85 bits per heavy atom. The molecule has 1 aliphatic heterocycles. The molecule has 1 fully saturated rings. The van der Waals surface area contributed by atoms with Crippen molar-refractivity contribution in [2.45, 2.75) is 25.1 Å². The normalized spacial score (nSPS) is 23.1. The van der Waals surface area contributed by atoms with Gasteiger partial charge in [-0.1, -0.05) is 0 Å². The molecule has 0 aromatic heterocycles. The average molecular weight is 198 g/mol. The number of rotatable bonds is 2. The van der Waals surface area contributed by atoms with Crippen LogP contribution in [0.4, 0.5) is 13.2 Å². The van der Waals surface area contributed by atoms with E-state index in [1.165, 1.54) is 0 Å². The Kier molecular flexibility index (Phi) is 3.55. The van der Waals surface area contributed by atoms with Crippen LogP contribution in [0.1, 0.15) is 12.8 Å². The molecule has 78 valence electrons. The summed E-state index contributed by atoms with van der Waals surface area (Å²) in [5.74, 6) is -0.446. The maximum Gasteiger partial charge on any atom is 0.414 e. The van der Waals surface area contributed by atoms with Gasteiger partial charge in [-0.25, -0.2) is 0 Å². The topological polar surface area (TPSA) is 18.5 Å². The maximum absolute atomic E-state index is 12.3. The molecule has 0 N–H and O–H groups in total. The summed E-state index contributed by atoms with van der Waals surface area (Å²) in [5.41, 5.74) is 0. The fourth-order valence-corrected chi connectivity index (χ4v) is 1.61. The summed E-state index contributed by atoms with van der Waals surface area (Å²) in [6.45, 7) is 0.807. The lowest BCUT2D eigenvalue weighted by molar-refractivity contribution is -0.234. The van der Waals surface area contributed by atoms with E-state index >= 15 is 0 Å². The van der Waals surface area contributed by atoms with Crippen molar-refractivity contribution in [3.05, 3.63) is 0 Å². The van der Waals surface area contributed by atoms with Crippen LogP contribution in [-0.4, -0.2) is 32.6 Å². The lowest BCUT2D eigenvalue weighted by Gasteiger charge is -2.30. The molecule has 1 rings (SSSR count). The number of hydrogen-bond donors (Lipinski definition) is 0. The van der Waals surface area contributed by atoms with E-state index in [1.54, 1.807) is 0 Å². The standard InChI is InChI=1S/C8H13F3O2/c1-12-7(8(9,10)11)6-2-4-13-5-3-6/h6-7H,2-5H2,1H3/t7-/m1/s1. The van der Waals surface area contributed by atoms with Crippen molar-refractivity contribution < 1.29 is 22.6 Å². The van der Waals surface area contributed by atoms with Crippen molar-refractivity contribution in [3.63, 3.8) is 0 Å². The Balaban J connectivity index is 2.54. The number of ether oxygens (including phenoxy) is 2. The van der Waals surface area contributed by atoms with Crippen molar-refractivity contribution in [2.75, 3.05) is 20.3 Å².